The van der Waals surface area contributed by atoms with E-state index in [-0.39, 0.29) is 5.54 Å². The molecule has 2 aliphatic heterocycles. The van der Waals surface area contributed by atoms with Crippen LogP contribution in [0.1, 0.15) is 26.2 Å². The van der Waals surface area contributed by atoms with Crippen LogP contribution in [-0.4, -0.2) is 34.6 Å². The molecule has 0 saturated carbocycles. The van der Waals surface area contributed by atoms with Crippen LogP contribution in [0.2, 0.25) is 0 Å². The molecule has 0 radical (unpaired) electrons. The highest BCUT2D eigenvalue weighted by Crippen LogP contribution is 2.42. The highest BCUT2D eigenvalue weighted by Gasteiger charge is 2.47. The Kier molecular flexibility index (Phi) is 1.74. The number of likely N-dealkylation sites (N-methyl/N-ethyl adjacent to an activating group) is 1. The van der Waals surface area contributed by atoms with Crippen molar-refractivity contribution in [3.63, 3.8) is 0 Å². The van der Waals surface area contributed by atoms with Gasteiger partial charge in [-0.15, -0.1) is 0 Å². The summed E-state index contributed by atoms with van der Waals surface area (Å²) >= 11 is 0. The molecule has 2 rings (SSSR count). The van der Waals surface area contributed by atoms with Crippen molar-refractivity contribution in [2.45, 2.75) is 37.8 Å². The molecule has 0 amide bonds. The van der Waals surface area contributed by atoms with Crippen molar-refractivity contribution in [1.29, 1.82) is 0 Å². The highest BCUT2D eigenvalue weighted by molar-refractivity contribution is 5.89. The average Bonchev–Trinajstić information content (AvgIpc) is 2.30. The van der Waals surface area contributed by atoms with E-state index < -0.39 is 5.97 Å². The molecular weight excluding hydrogens is 166 g/mol. The van der Waals surface area contributed by atoms with Crippen LogP contribution in [0, 0.1) is 0 Å². The van der Waals surface area contributed by atoms with E-state index in [9.17, 15) is 4.79 Å². The monoisotopic (exact) mass is 181 g/mol. The van der Waals surface area contributed by atoms with Gasteiger partial charge in [-0.2, -0.15) is 0 Å². The van der Waals surface area contributed by atoms with Gasteiger partial charge in [-0.1, -0.05) is 6.08 Å². The van der Waals surface area contributed by atoms with Crippen LogP contribution < -0.4 is 0 Å². The summed E-state index contributed by atoms with van der Waals surface area (Å²) in [6, 6.07) is 0.563. The van der Waals surface area contributed by atoms with Crippen molar-refractivity contribution < 1.29 is 9.90 Å². The molecule has 2 bridgehead atoms. The number of nitrogens with zero attached hydrogens (tertiary/aromatic N) is 1. The molecule has 2 aliphatic rings. The molecule has 0 aliphatic carbocycles. The first-order valence-electron chi connectivity index (χ1n) is 4.72. The van der Waals surface area contributed by atoms with E-state index in [4.69, 9.17) is 5.11 Å². The lowest BCUT2D eigenvalue weighted by Gasteiger charge is -2.39. The summed E-state index contributed by atoms with van der Waals surface area (Å²) in [5.74, 6) is -0.755. The lowest BCUT2D eigenvalue weighted by atomic mass is 9.88. The number of hydrogen-bond donors (Lipinski definition) is 1. The van der Waals surface area contributed by atoms with Crippen LogP contribution in [0.3, 0.4) is 0 Å². The van der Waals surface area contributed by atoms with E-state index in [1.54, 1.807) is 0 Å². The van der Waals surface area contributed by atoms with Crippen molar-refractivity contribution in [3.05, 3.63) is 11.6 Å². The van der Waals surface area contributed by atoms with E-state index in [0.717, 1.165) is 19.3 Å². The van der Waals surface area contributed by atoms with Gasteiger partial charge in [0.15, 0.2) is 0 Å². The number of carbonyl (C=O) groups is 1. The van der Waals surface area contributed by atoms with Crippen LogP contribution >= 0.6 is 0 Å². The highest BCUT2D eigenvalue weighted by atomic mass is 16.4. The number of carboxylic acids is 1. The minimum Gasteiger partial charge on any atom is -0.478 e. The quantitative estimate of drug-likeness (QED) is 0.662. The van der Waals surface area contributed by atoms with Gasteiger partial charge >= 0.3 is 5.97 Å². The molecule has 2 unspecified atom stereocenters. The van der Waals surface area contributed by atoms with E-state index in [1.165, 1.54) is 0 Å². The molecule has 0 aromatic heterocycles. The summed E-state index contributed by atoms with van der Waals surface area (Å²) < 4.78 is 0. The lowest BCUT2D eigenvalue weighted by Crippen LogP contribution is -2.48. The molecule has 1 saturated heterocycles. The summed E-state index contributed by atoms with van der Waals surface area (Å²) in [7, 11) is 2.04. The third-order valence-electron chi connectivity index (χ3n) is 3.70. The fourth-order valence-corrected chi connectivity index (χ4v) is 2.61. The van der Waals surface area contributed by atoms with Crippen LogP contribution in [0.5, 0.6) is 0 Å². The Labute approximate surface area is 78.0 Å². The number of aliphatic carboxylic acids is 1. The summed E-state index contributed by atoms with van der Waals surface area (Å²) in [6.45, 7) is 2.03. The zero-order valence-corrected chi connectivity index (χ0v) is 8.08. The minimum absolute atomic E-state index is 0.214. The van der Waals surface area contributed by atoms with Crippen molar-refractivity contribution in [2.24, 2.45) is 0 Å². The van der Waals surface area contributed by atoms with E-state index in [0.29, 0.717) is 11.6 Å². The molecule has 72 valence electrons. The fraction of sp³-hybridized carbons (Fsp3) is 0.700. The number of rotatable bonds is 1. The standard InChI is InChI=1S/C10H15NO2/c1-10-6-5-7(11(10)2)3-4-8(10)9(12)13/h4,7H,3,5-6H2,1-2H3,(H,12,13). The molecule has 3 nitrogen and oxygen atoms in total. The van der Waals surface area contributed by atoms with Gasteiger partial charge in [0.1, 0.15) is 0 Å². The Morgan fingerprint density at radius 1 is 1.77 bits per heavy atom. The van der Waals surface area contributed by atoms with Gasteiger partial charge in [0, 0.05) is 6.04 Å². The second-order valence-electron chi connectivity index (χ2n) is 4.24. The van der Waals surface area contributed by atoms with Crippen LogP contribution in [0.15, 0.2) is 11.6 Å². The first-order valence-corrected chi connectivity index (χ1v) is 4.72. The number of carboxylic acid groups (broad SMARTS) is 1. The average molecular weight is 181 g/mol. The lowest BCUT2D eigenvalue weighted by molar-refractivity contribution is -0.134. The fourth-order valence-electron chi connectivity index (χ4n) is 2.61. The Morgan fingerprint density at radius 3 is 3.08 bits per heavy atom. The molecular formula is C10H15NO2. The summed E-state index contributed by atoms with van der Waals surface area (Å²) in [6.07, 6.45) is 4.90. The van der Waals surface area contributed by atoms with Gasteiger partial charge in [0.05, 0.1) is 11.1 Å². The molecule has 0 aromatic rings. The van der Waals surface area contributed by atoms with E-state index >= 15 is 0 Å². The molecule has 1 N–H and O–H groups in total. The van der Waals surface area contributed by atoms with Gasteiger partial charge in [-0.3, -0.25) is 4.90 Å². The Morgan fingerprint density at radius 2 is 2.46 bits per heavy atom. The van der Waals surface area contributed by atoms with E-state index in [1.807, 2.05) is 20.0 Å². The molecule has 3 heteroatoms. The second-order valence-corrected chi connectivity index (χ2v) is 4.24. The van der Waals surface area contributed by atoms with Gasteiger partial charge in [0.2, 0.25) is 0 Å². The summed E-state index contributed by atoms with van der Waals surface area (Å²) in [5, 5.41) is 9.05. The molecule has 13 heavy (non-hydrogen) atoms. The maximum absolute atomic E-state index is 11.0. The Bertz CT molecular complexity index is 285. The predicted molar refractivity (Wildman–Crippen MR) is 49.5 cm³/mol. The maximum atomic E-state index is 11.0. The molecule has 1 fully saturated rings. The van der Waals surface area contributed by atoms with Gasteiger partial charge in [-0.25, -0.2) is 4.79 Å². The SMILES string of the molecule is CN1C2CC=C(C(=O)O)C1(C)CC2. The predicted octanol–water partition coefficient (Wildman–Crippen LogP) is 1.25. The van der Waals surface area contributed by atoms with Crippen molar-refractivity contribution >= 4 is 5.97 Å². The Balaban J connectivity index is 2.40. The van der Waals surface area contributed by atoms with Gasteiger partial charge in [0.25, 0.3) is 0 Å². The minimum atomic E-state index is -0.755. The normalized spacial score (nSPS) is 38.9. The van der Waals surface area contributed by atoms with Gasteiger partial charge < -0.3 is 5.11 Å². The summed E-state index contributed by atoms with van der Waals surface area (Å²) in [5.41, 5.74) is 0.373. The smallest absolute Gasteiger partial charge is 0.333 e. The maximum Gasteiger partial charge on any atom is 0.333 e. The molecule has 2 atom stereocenters. The zero-order valence-electron chi connectivity index (χ0n) is 8.08. The number of hydrogen-bond acceptors (Lipinski definition) is 2. The van der Waals surface area contributed by atoms with Crippen LogP contribution in [0.4, 0.5) is 0 Å². The topological polar surface area (TPSA) is 40.5 Å². The van der Waals surface area contributed by atoms with Gasteiger partial charge in [-0.05, 0) is 33.2 Å². The molecule has 0 aromatic carbocycles. The van der Waals surface area contributed by atoms with Crippen molar-refractivity contribution in [3.8, 4) is 0 Å². The van der Waals surface area contributed by atoms with Crippen molar-refractivity contribution in [2.75, 3.05) is 7.05 Å². The first-order chi connectivity index (χ1) is 6.05. The summed E-state index contributed by atoms with van der Waals surface area (Å²) in [4.78, 5) is 13.2. The third kappa shape index (κ3) is 1.03. The number of fused-ring (bicyclic) bond motifs is 2. The molecule has 2 heterocycles. The first kappa shape index (κ1) is 8.75. The van der Waals surface area contributed by atoms with Crippen LogP contribution in [-0.2, 0) is 4.79 Å². The zero-order chi connectivity index (χ0) is 9.64. The van der Waals surface area contributed by atoms with Crippen molar-refractivity contribution in [1.82, 2.24) is 4.90 Å². The second kappa shape index (κ2) is 2.58. The van der Waals surface area contributed by atoms with Crippen LogP contribution in [0.25, 0.3) is 0 Å². The van der Waals surface area contributed by atoms with E-state index in [2.05, 4.69) is 4.90 Å². The molecule has 0 spiro atoms. The Hall–Kier alpha value is -0.830. The third-order valence-corrected chi connectivity index (χ3v) is 3.70. The largest absolute Gasteiger partial charge is 0.478 e.